The molecule has 2 aliphatic rings. The second kappa shape index (κ2) is 6.25. The van der Waals surface area contributed by atoms with Crippen molar-refractivity contribution in [2.75, 3.05) is 13.2 Å². The van der Waals surface area contributed by atoms with Crippen molar-refractivity contribution in [1.82, 2.24) is 4.90 Å². The normalized spacial score (nSPS) is 29.4. The molecule has 3 rings (SSSR count). The van der Waals surface area contributed by atoms with Gasteiger partial charge >= 0.3 is 6.09 Å². The Balaban J connectivity index is 1.88. The number of halogens is 1. The zero-order valence-electron chi connectivity index (χ0n) is 15.2. The van der Waals surface area contributed by atoms with Crippen LogP contribution in [-0.2, 0) is 15.1 Å². The van der Waals surface area contributed by atoms with Gasteiger partial charge in [0.25, 0.3) is 0 Å². The molecule has 2 fully saturated rings. The van der Waals surface area contributed by atoms with Crippen LogP contribution in [0.4, 0.5) is 9.18 Å². The molecular formula is C19H26FNO4. The predicted octanol–water partition coefficient (Wildman–Crippen LogP) is 3.12. The Bertz CT molecular complexity index is 656. The highest BCUT2D eigenvalue weighted by Crippen LogP contribution is 2.42. The van der Waals surface area contributed by atoms with Crippen molar-refractivity contribution in [1.29, 1.82) is 0 Å². The largest absolute Gasteiger partial charge is 0.444 e. The number of rotatable bonds is 1. The molecule has 5 nitrogen and oxygen atoms in total. The SMILES string of the molecule is Cc1cccc(C2(O)CC3COCC(C2)N3C(=O)OC(C)(C)C)c1F. The molecule has 25 heavy (non-hydrogen) atoms. The van der Waals surface area contributed by atoms with E-state index in [4.69, 9.17) is 9.47 Å². The fourth-order valence-corrected chi connectivity index (χ4v) is 3.82. The van der Waals surface area contributed by atoms with E-state index in [-0.39, 0.29) is 30.7 Å². The Labute approximate surface area is 147 Å². The van der Waals surface area contributed by atoms with Crippen molar-refractivity contribution in [3.8, 4) is 0 Å². The lowest BCUT2D eigenvalue weighted by molar-refractivity contribution is -0.142. The minimum Gasteiger partial charge on any atom is -0.444 e. The fraction of sp³-hybridized carbons (Fsp3) is 0.632. The number of ether oxygens (including phenoxy) is 2. The van der Waals surface area contributed by atoms with Crippen molar-refractivity contribution < 1.29 is 23.8 Å². The summed E-state index contributed by atoms with van der Waals surface area (Å²) in [6.07, 6.45) is 0.0456. The number of hydrogen-bond donors (Lipinski definition) is 1. The molecule has 138 valence electrons. The first-order chi connectivity index (χ1) is 11.6. The van der Waals surface area contributed by atoms with Gasteiger partial charge in [-0.3, -0.25) is 4.90 Å². The van der Waals surface area contributed by atoms with E-state index >= 15 is 0 Å². The molecule has 0 spiro atoms. The molecule has 1 N–H and O–H groups in total. The minimum atomic E-state index is -1.31. The number of morpholine rings is 1. The van der Waals surface area contributed by atoms with Crippen LogP contribution in [0.25, 0.3) is 0 Å². The summed E-state index contributed by atoms with van der Waals surface area (Å²) in [5, 5.41) is 11.2. The maximum atomic E-state index is 14.6. The van der Waals surface area contributed by atoms with Crippen molar-refractivity contribution in [2.24, 2.45) is 0 Å². The van der Waals surface area contributed by atoms with Crippen LogP contribution in [0.5, 0.6) is 0 Å². The zero-order chi connectivity index (χ0) is 18.4. The molecule has 1 aromatic rings. The Kier molecular flexibility index (Phi) is 4.54. The summed E-state index contributed by atoms with van der Waals surface area (Å²) in [4.78, 5) is 14.3. The van der Waals surface area contributed by atoms with Crippen molar-refractivity contribution >= 4 is 6.09 Å². The molecular weight excluding hydrogens is 325 g/mol. The van der Waals surface area contributed by atoms with Gasteiger partial charge in [0.1, 0.15) is 11.4 Å². The summed E-state index contributed by atoms with van der Waals surface area (Å²) >= 11 is 0. The second-order valence-corrected chi connectivity index (χ2v) is 8.11. The topological polar surface area (TPSA) is 59.0 Å². The highest BCUT2D eigenvalue weighted by Gasteiger charge is 2.50. The van der Waals surface area contributed by atoms with Gasteiger partial charge in [0, 0.05) is 18.4 Å². The van der Waals surface area contributed by atoms with Gasteiger partial charge < -0.3 is 14.6 Å². The number of amides is 1. The molecule has 6 heteroatoms. The lowest BCUT2D eigenvalue weighted by atomic mass is 9.76. The van der Waals surface area contributed by atoms with Crippen LogP contribution in [0.2, 0.25) is 0 Å². The first-order valence-corrected chi connectivity index (χ1v) is 8.68. The number of carbonyl (C=O) groups excluding carboxylic acids is 1. The number of piperidine rings is 1. The molecule has 1 amide bonds. The Morgan fingerprint density at radius 3 is 2.48 bits per heavy atom. The molecule has 2 aliphatic heterocycles. The number of nitrogens with zero attached hydrogens (tertiary/aromatic N) is 1. The summed E-state index contributed by atoms with van der Waals surface area (Å²) < 4.78 is 25.7. The molecule has 2 unspecified atom stereocenters. The predicted molar refractivity (Wildman–Crippen MR) is 90.7 cm³/mol. The van der Waals surface area contributed by atoms with E-state index < -0.39 is 17.3 Å². The van der Waals surface area contributed by atoms with Crippen molar-refractivity contribution in [3.63, 3.8) is 0 Å². The molecule has 2 heterocycles. The third-order valence-electron chi connectivity index (χ3n) is 4.85. The van der Waals surface area contributed by atoms with Crippen LogP contribution in [0.3, 0.4) is 0 Å². The van der Waals surface area contributed by atoms with Crippen molar-refractivity contribution in [3.05, 3.63) is 35.1 Å². The van der Waals surface area contributed by atoms with Crippen LogP contribution in [0, 0.1) is 12.7 Å². The molecule has 0 radical (unpaired) electrons. The third-order valence-corrected chi connectivity index (χ3v) is 4.85. The average molecular weight is 351 g/mol. The Hall–Kier alpha value is -1.66. The molecule has 2 atom stereocenters. The average Bonchev–Trinajstić information content (AvgIpc) is 2.47. The highest BCUT2D eigenvalue weighted by molar-refractivity contribution is 5.69. The van der Waals surface area contributed by atoms with Gasteiger partial charge in [-0.1, -0.05) is 18.2 Å². The van der Waals surface area contributed by atoms with Gasteiger partial charge in [-0.25, -0.2) is 9.18 Å². The standard InChI is InChI=1S/C19H26FNO4/c1-12-6-5-7-15(16(12)20)19(23)8-13-10-24-11-14(9-19)21(13)17(22)25-18(2,3)4/h5-7,13-14,23H,8-11H2,1-4H3. The maximum absolute atomic E-state index is 14.6. The van der Waals surface area contributed by atoms with Gasteiger partial charge in [0.2, 0.25) is 0 Å². The number of benzene rings is 1. The van der Waals surface area contributed by atoms with E-state index in [2.05, 4.69) is 0 Å². The van der Waals surface area contributed by atoms with E-state index in [1.807, 2.05) is 20.8 Å². The highest BCUT2D eigenvalue weighted by atomic mass is 19.1. The Morgan fingerprint density at radius 1 is 1.32 bits per heavy atom. The number of aliphatic hydroxyl groups is 1. The van der Waals surface area contributed by atoms with Crippen LogP contribution in [-0.4, -0.2) is 47.0 Å². The van der Waals surface area contributed by atoms with Crippen molar-refractivity contribution in [2.45, 2.75) is 63.8 Å². The Morgan fingerprint density at radius 2 is 1.92 bits per heavy atom. The maximum Gasteiger partial charge on any atom is 0.410 e. The van der Waals surface area contributed by atoms with E-state index in [0.29, 0.717) is 24.3 Å². The lowest BCUT2D eigenvalue weighted by Gasteiger charge is -2.51. The molecule has 2 saturated heterocycles. The van der Waals surface area contributed by atoms with Crippen LogP contribution < -0.4 is 0 Å². The second-order valence-electron chi connectivity index (χ2n) is 8.11. The molecule has 1 aromatic carbocycles. The van der Waals surface area contributed by atoms with Gasteiger partial charge in [0.05, 0.1) is 30.9 Å². The lowest BCUT2D eigenvalue weighted by Crippen LogP contribution is -2.63. The number of aryl methyl sites for hydroxylation is 1. The molecule has 0 aromatic heterocycles. The van der Waals surface area contributed by atoms with E-state index in [1.54, 1.807) is 30.0 Å². The molecule has 0 saturated carbocycles. The van der Waals surface area contributed by atoms with E-state index in [1.165, 1.54) is 0 Å². The summed E-state index contributed by atoms with van der Waals surface area (Å²) in [5.74, 6) is -0.380. The van der Waals surface area contributed by atoms with E-state index in [0.717, 1.165) is 0 Å². The summed E-state index contributed by atoms with van der Waals surface area (Å²) in [6, 6.07) is 4.38. The monoisotopic (exact) mass is 351 g/mol. The van der Waals surface area contributed by atoms with Gasteiger partial charge in [-0.15, -0.1) is 0 Å². The third kappa shape index (κ3) is 3.51. The minimum absolute atomic E-state index is 0.225. The van der Waals surface area contributed by atoms with Crippen LogP contribution >= 0.6 is 0 Å². The number of carbonyl (C=O) groups is 1. The first kappa shape index (κ1) is 18.1. The number of fused-ring (bicyclic) bond motifs is 2. The summed E-state index contributed by atoms with van der Waals surface area (Å²) in [5.41, 5.74) is -1.11. The molecule has 0 aliphatic carbocycles. The summed E-state index contributed by atoms with van der Waals surface area (Å²) in [7, 11) is 0. The smallest absolute Gasteiger partial charge is 0.410 e. The fourth-order valence-electron chi connectivity index (χ4n) is 3.82. The van der Waals surface area contributed by atoms with Gasteiger partial charge in [0.15, 0.2) is 0 Å². The summed E-state index contributed by atoms with van der Waals surface area (Å²) in [6.45, 7) is 7.76. The first-order valence-electron chi connectivity index (χ1n) is 8.68. The van der Waals surface area contributed by atoms with E-state index in [9.17, 15) is 14.3 Å². The van der Waals surface area contributed by atoms with Gasteiger partial charge in [-0.05, 0) is 33.3 Å². The van der Waals surface area contributed by atoms with Crippen LogP contribution in [0.15, 0.2) is 18.2 Å². The quantitative estimate of drug-likeness (QED) is 0.845. The molecule has 2 bridgehead atoms. The zero-order valence-corrected chi connectivity index (χ0v) is 15.2. The van der Waals surface area contributed by atoms with Crippen LogP contribution in [0.1, 0.15) is 44.7 Å². The van der Waals surface area contributed by atoms with Gasteiger partial charge in [-0.2, -0.15) is 0 Å². The number of hydrogen-bond acceptors (Lipinski definition) is 4.